The van der Waals surface area contributed by atoms with E-state index in [2.05, 4.69) is 25.1 Å². The van der Waals surface area contributed by atoms with E-state index in [1.807, 2.05) is 6.07 Å². The molecule has 0 amide bonds. The van der Waals surface area contributed by atoms with Crippen LogP contribution in [0.15, 0.2) is 42.5 Å². The van der Waals surface area contributed by atoms with E-state index in [9.17, 15) is 4.39 Å². The minimum atomic E-state index is -0.355. The topological polar surface area (TPSA) is 35.2 Å². The zero-order chi connectivity index (χ0) is 14.5. The van der Waals surface area contributed by atoms with E-state index in [0.717, 1.165) is 6.42 Å². The minimum absolute atomic E-state index is 0.244. The fraction of sp³-hybridized carbons (Fsp3) is 0.294. The molecule has 20 heavy (non-hydrogen) atoms. The highest BCUT2D eigenvalue weighted by atomic mass is 19.1. The van der Waals surface area contributed by atoms with Gasteiger partial charge in [-0.1, -0.05) is 42.0 Å². The molecule has 0 aromatic heterocycles. The third-order valence-electron chi connectivity index (χ3n) is 3.44. The lowest BCUT2D eigenvalue weighted by atomic mass is 9.98. The van der Waals surface area contributed by atoms with Gasteiger partial charge in [-0.25, -0.2) is 4.39 Å². The molecule has 2 N–H and O–H groups in total. The van der Waals surface area contributed by atoms with Gasteiger partial charge in [-0.3, -0.25) is 0 Å². The third-order valence-corrected chi connectivity index (χ3v) is 3.44. The van der Waals surface area contributed by atoms with Crippen molar-refractivity contribution in [2.45, 2.75) is 25.8 Å². The fourth-order valence-electron chi connectivity index (χ4n) is 2.32. The van der Waals surface area contributed by atoms with E-state index in [4.69, 9.17) is 10.5 Å². The molecule has 0 saturated carbocycles. The van der Waals surface area contributed by atoms with Crippen LogP contribution in [0.25, 0.3) is 0 Å². The molecular formula is C17H20FNO. The van der Waals surface area contributed by atoms with Gasteiger partial charge in [0.25, 0.3) is 0 Å². The van der Waals surface area contributed by atoms with Gasteiger partial charge in [-0.2, -0.15) is 0 Å². The van der Waals surface area contributed by atoms with Crippen LogP contribution >= 0.6 is 0 Å². The summed E-state index contributed by atoms with van der Waals surface area (Å²) in [7, 11) is 1.46. The van der Waals surface area contributed by atoms with Crippen molar-refractivity contribution in [1.29, 1.82) is 0 Å². The molecular weight excluding hydrogens is 253 g/mol. The summed E-state index contributed by atoms with van der Waals surface area (Å²) in [5.74, 6) is -0.111. The highest BCUT2D eigenvalue weighted by Crippen LogP contribution is 2.26. The lowest BCUT2D eigenvalue weighted by Gasteiger charge is -2.14. The number of hydrogen-bond donors (Lipinski definition) is 1. The maximum Gasteiger partial charge on any atom is 0.169 e. The first-order valence-corrected chi connectivity index (χ1v) is 6.75. The SMILES string of the molecule is COc1cccc(C(N)CCc2cccc(C)c2)c1F. The smallest absolute Gasteiger partial charge is 0.169 e. The summed E-state index contributed by atoms with van der Waals surface area (Å²) in [6.07, 6.45) is 1.53. The molecule has 0 spiro atoms. The van der Waals surface area contributed by atoms with Crippen molar-refractivity contribution < 1.29 is 9.13 Å². The fourth-order valence-corrected chi connectivity index (χ4v) is 2.32. The van der Waals surface area contributed by atoms with Crippen molar-refractivity contribution in [2.24, 2.45) is 5.73 Å². The van der Waals surface area contributed by atoms with Crippen molar-refractivity contribution in [1.82, 2.24) is 0 Å². The quantitative estimate of drug-likeness (QED) is 0.900. The van der Waals surface area contributed by atoms with Crippen LogP contribution in [0.3, 0.4) is 0 Å². The van der Waals surface area contributed by atoms with Crippen LogP contribution in [0.5, 0.6) is 5.75 Å². The van der Waals surface area contributed by atoms with Gasteiger partial charge in [0.05, 0.1) is 7.11 Å². The Morgan fingerprint density at radius 2 is 1.95 bits per heavy atom. The van der Waals surface area contributed by atoms with Crippen LogP contribution in [0.1, 0.15) is 29.2 Å². The lowest BCUT2D eigenvalue weighted by molar-refractivity contribution is 0.381. The van der Waals surface area contributed by atoms with Gasteiger partial charge in [0.15, 0.2) is 11.6 Å². The van der Waals surface area contributed by atoms with Gasteiger partial charge < -0.3 is 10.5 Å². The molecule has 0 radical (unpaired) electrons. The zero-order valence-corrected chi connectivity index (χ0v) is 11.9. The van der Waals surface area contributed by atoms with Crippen LogP contribution in [0, 0.1) is 12.7 Å². The predicted molar refractivity (Wildman–Crippen MR) is 79.4 cm³/mol. The summed E-state index contributed by atoms with van der Waals surface area (Å²) in [6.45, 7) is 2.06. The van der Waals surface area contributed by atoms with E-state index in [-0.39, 0.29) is 17.6 Å². The average Bonchev–Trinajstić information content (AvgIpc) is 2.45. The van der Waals surface area contributed by atoms with Gasteiger partial charge in [0.1, 0.15) is 0 Å². The second kappa shape index (κ2) is 6.53. The van der Waals surface area contributed by atoms with E-state index in [1.165, 1.54) is 18.2 Å². The van der Waals surface area contributed by atoms with Crippen molar-refractivity contribution >= 4 is 0 Å². The standard InChI is InChI=1S/C17H20FNO/c1-12-5-3-6-13(11-12)9-10-15(19)14-7-4-8-16(20-2)17(14)18/h3-8,11,15H,9-10,19H2,1-2H3. The number of benzene rings is 2. The largest absolute Gasteiger partial charge is 0.494 e. The normalized spacial score (nSPS) is 12.2. The second-order valence-electron chi connectivity index (χ2n) is 5.00. The Bertz CT molecular complexity index is 583. The molecule has 2 aromatic carbocycles. The molecule has 0 bridgehead atoms. The molecule has 1 unspecified atom stereocenters. The van der Waals surface area contributed by atoms with Crippen molar-refractivity contribution in [3.05, 3.63) is 65.0 Å². The number of nitrogens with two attached hydrogens (primary N) is 1. The Morgan fingerprint density at radius 1 is 1.20 bits per heavy atom. The van der Waals surface area contributed by atoms with Crippen molar-refractivity contribution in [3.8, 4) is 5.75 Å². The molecule has 106 valence electrons. The molecule has 0 saturated heterocycles. The van der Waals surface area contributed by atoms with Crippen molar-refractivity contribution in [2.75, 3.05) is 7.11 Å². The maximum absolute atomic E-state index is 14.1. The Hall–Kier alpha value is -1.87. The molecule has 2 nitrogen and oxygen atoms in total. The van der Waals surface area contributed by atoms with Crippen LogP contribution in [-0.4, -0.2) is 7.11 Å². The average molecular weight is 273 g/mol. The van der Waals surface area contributed by atoms with Crippen LogP contribution in [0.4, 0.5) is 4.39 Å². The van der Waals surface area contributed by atoms with E-state index in [1.54, 1.807) is 18.2 Å². The first-order valence-electron chi connectivity index (χ1n) is 6.75. The molecule has 0 fully saturated rings. The third kappa shape index (κ3) is 3.36. The monoisotopic (exact) mass is 273 g/mol. The summed E-state index contributed by atoms with van der Waals surface area (Å²) in [6, 6.07) is 13.1. The summed E-state index contributed by atoms with van der Waals surface area (Å²) in [5.41, 5.74) is 9.07. The summed E-state index contributed by atoms with van der Waals surface area (Å²) in [4.78, 5) is 0. The van der Waals surface area contributed by atoms with Crippen LogP contribution in [0.2, 0.25) is 0 Å². The number of halogens is 1. The van der Waals surface area contributed by atoms with Gasteiger partial charge in [0, 0.05) is 11.6 Å². The summed E-state index contributed by atoms with van der Waals surface area (Å²) in [5, 5.41) is 0. The first-order chi connectivity index (χ1) is 9.61. The Morgan fingerprint density at radius 3 is 2.65 bits per heavy atom. The number of hydrogen-bond acceptors (Lipinski definition) is 2. The highest BCUT2D eigenvalue weighted by Gasteiger charge is 2.14. The molecule has 0 aliphatic heterocycles. The zero-order valence-electron chi connectivity index (χ0n) is 11.9. The minimum Gasteiger partial charge on any atom is -0.494 e. The number of rotatable bonds is 5. The first kappa shape index (κ1) is 14.5. The van der Waals surface area contributed by atoms with E-state index < -0.39 is 0 Å². The molecule has 0 aliphatic rings. The number of aryl methyl sites for hydroxylation is 2. The number of methoxy groups -OCH3 is 1. The Balaban J connectivity index is 2.07. The van der Waals surface area contributed by atoms with E-state index in [0.29, 0.717) is 12.0 Å². The van der Waals surface area contributed by atoms with Crippen molar-refractivity contribution in [3.63, 3.8) is 0 Å². The van der Waals surface area contributed by atoms with Gasteiger partial charge >= 0.3 is 0 Å². The molecule has 2 rings (SSSR count). The predicted octanol–water partition coefficient (Wildman–Crippen LogP) is 3.78. The van der Waals surface area contributed by atoms with Crippen LogP contribution < -0.4 is 10.5 Å². The van der Waals surface area contributed by atoms with Crippen LogP contribution in [-0.2, 0) is 6.42 Å². The Kier molecular flexibility index (Phi) is 4.74. The Labute approximate surface area is 119 Å². The number of ether oxygens (including phenoxy) is 1. The molecule has 1 atom stereocenters. The van der Waals surface area contributed by atoms with Gasteiger partial charge in [-0.15, -0.1) is 0 Å². The maximum atomic E-state index is 14.1. The second-order valence-corrected chi connectivity index (χ2v) is 5.00. The molecule has 3 heteroatoms. The molecule has 0 heterocycles. The summed E-state index contributed by atoms with van der Waals surface area (Å²) < 4.78 is 19.1. The summed E-state index contributed by atoms with van der Waals surface area (Å²) >= 11 is 0. The molecule has 2 aromatic rings. The lowest BCUT2D eigenvalue weighted by Crippen LogP contribution is -2.13. The van der Waals surface area contributed by atoms with E-state index >= 15 is 0 Å². The van der Waals surface area contributed by atoms with Gasteiger partial charge in [0.2, 0.25) is 0 Å². The van der Waals surface area contributed by atoms with Gasteiger partial charge in [-0.05, 0) is 31.4 Å². The highest BCUT2D eigenvalue weighted by molar-refractivity contribution is 5.33. The molecule has 0 aliphatic carbocycles.